The standard InChI is InChI=1S/C16H24N2O/c1-16(2)8-7-14(10-16)18-15(19)9-12-3-5-13(11-17)6-4-12/h3-6,14H,7-11,17H2,1-2H3,(H,18,19). The van der Waals surface area contributed by atoms with Gasteiger partial charge in [0.25, 0.3) is 0 Å². The highest BCUT2D eigenvalue weighted by atomic mass is 16.1. The molecule has 0 heterocycles. The Labute approximate surface area is 115 Å². The van der Waals surface area contributed by atoms with Gasteiger partial charge in [-0.05, 0) is 35.8 Å². The molecule has 1 amide bonds. The maximum absolute atomic E-state index is 12.0. The van der Waals surface area contributed by atoms with Crippen LogP contribution >= 0.6 is 0 Å². The second-order valence-electron chi connectivity index (χ2n) is 6.37. The molecule has 1 aromatic rings. The largest absolute Gasteiger partial charge is 0.353 e. The summed E-state index contributed by atoms with van der Waals surface area (Å²) in [5.74, 6) is 0.128. The zero-order chi connectivity index (χ0) is 13.9. The SMILES string of the molecule is CC1(C)CCC(NC(=O)Cc2ccc(CN)cc2)C1. The van der Waals surface area contributed by atoms with Crippen molar-refractivity contribution in [3.8, 4) is 0 Å². The van der Waals surface area contributed by atoms with Gasteiger partial charge in [-0.2, -0.15) is 0 Å². The molecule has 3 N–H and O–H groups in total. The van der Waals surface area contributed by atoms with E-state index in [-0.39, 0.29) is 5.91 Å². The lowest BCUT2D eigenvalue weighted by molar-refractivity contribution is -0.121. The Kier molecular flexibility index (Phi) is 4.25. The summed E-state index contributed by atoms with van der Waals surface area (Å²) in [5.41, 5.74) is 8.08. The van der Waals surface area contributed by atoms with Gasteiger partial charge >= 0.3 is 0 Å². The minimum atomic E-state index is 0.128. The predicted octanol–water partition coefficient (Wildman–Crippen LogP) is 2.38. The quantitative estimate of drug-likeness (QED) is 0.873. The molecule has 1 fully saturated rings. The van der Waals surface area contributed by atoms with Gasteiger partial charge in [-0.3, -0.25) is 4.79 Å². The molecule has 19 heavy (non-hydrogen) atoms. The van der Waals surface area contributed by atoms with Crippen LogP contribution in [0.3, 0.4) is 0 Å². The second kappa shape index (κ2) is 5.74. The van der Waals surface area contributed by atoms with Gasteiger partial charge in [0.05, 0.1) is 6.42 Å². The fourth-order valence-electron chi connectivity index (χ4n) is 2.82. The Morgan fingerprint density at radius 2 is 1.95 bits per heavy atom. The van der Waals surface area contributed by atoms with Crippen LogP contribution in [-0.2, 0) is 17.8 Å². The molecular formula is C16H24N2O. The number of rotatable bonds is 4. The molecule has 0 aliphatic heterocycles. The lowest BCUT2D eigenvalue weighted by Gasteiger charge is -2.17. The van der Waals surface area contributed by atoms with Crippen molar-refractivity contribution in [2.24, 2.45) is 11.1 Å². The number of hydrogen-bond donors (Lipinski definition) is 2. The molecule has 1 aromatic carbocycles. The maximum atomic E-state index is 12.0. The van der Waals surface area contributed by atoms with Gasteiger partial charge in [0.2, 0.25) is 5.91 Å². The van der Waals surface area contributed by atoms with Gasteiger partial charge < -0.3 is 11.1 Å². The molecule has 0 spiro atoms. The van der Waals surface area contributed by atoms with Crippen LogP contribution in [-0.4, -0.2) is 11.9 Å². The van der Waals surface area contributed by atoms with E-state index >= 15 is 0 Å². The molecule has 1 atom stereocenters. The molecule has 104 valence electrons. The second-order valence-corrected chi connectivity index (χ2v) is 6.37. The number of carbonyl (C=O) groups excluding carboxylic acids is 1. The summed E-state index contributed by atoms with van der Waals surface area (Å²) in [6.07, 6.45) is 3.85. The van der Waals surface area contributed by atoms with Crippen molar-refractivity contribution in [3.63, 3.8) is 0 Å². The first kappa shape index (κ1) is 14.1. The van der Waals surface area contributed by atoms with Crippen LogP contribution in [0.2, 0.25) is 0 Å². The Morgan fingerprint density at radius 1 is 1.32 bits per heavy atom. The van der Waals surface area contributed by atoms with Crippen LogP contribution in [0.5, 0.6) is 0 Å². The summed E-state index contributed by atoms with van der Waals surface area (Å²) in [5, 5.41) is 3.15. The third-order valence-corrected chi connectivity index (χ3v) is 3.96. The third-order valence-electron chi connectivity index (χ3n) is 3.96. The molecule has 1 aliphatic rings. The van der Waals surface area contributed by atoms with Gasteiger partial charge in [-0.1, -0.05) is 38.1 Å². The van der Waals surface area contributed by atoms with Crippen molar-refractivity contribution >= 4 is 5.91 Å². The van der Waals surface area contributed by atoms with Crippen molar-refractivity contribution in [1.82, 2.24) is 5.32 Å². The van der Waals surface area contributed by atoms with Crippen LogP contribution in [0.25, 0.3) is 0 Å². The van der Waals surface area contributed by atoms with Crippen molar-refractivity contribution in [1.29, 1.82) is 0 Å². The minimum absolute atomic E-state index is 0.128. The van der Waals surface area contributed by atoms with Gasteiger partial charge in [-0.15, -0.1) is 0 Å². The Bertz CT molecular complexity index is 437. The number of hydrogen-bond acceptors (Lipinski definition) is 2. The first-order chi connectivity index (χ1) is 8.98. The summed E-state index contributed by atoms with van der Waals surface area (Å²) in [7, 11) is 0. The van der Waals surface area contributed by atoms with Crippen LogP contribution < -0.4 is 11.1 Å². The molecule has 3 heteroatoms. The minimum Gasteiger partial charge on any atom is -0.353 e. The van der Waals surface area contributed by atoms with Gasteiger partial charge in [0.1, 0.15) is 0 Å². The summed E-state index contributed by atoms with van der Waals surface area (Å²) >= 11 is 0. The fraction of sp³-hybridized carbons (Fsp3) is 0.562. The van der Waals surface area contributed by atoms with Crippen LogP contribution in [0.1, 0.15) is 44.2 Å². The third kappa shape index (κ3) is 4.06. The molecule has 0 radical (unpaired) electrons. The van der Waals surface area contributed by atoms with E-state index in [9.17, 15) is 4.79 Å². The fourth-order valence-corrected chi connectivity index (χ4v) is 2.82. The van der Waals surface area contributed by atoms with E-state index < -0.39 is 0 Å². The van der Waals surface area contributed by atoms with Crippen molar-refractivity contribution in [2.75, 3.05) is 0 Å². The molecule has 2 rings (SSSR count). The first-order valence-corrected chi connectivity index (χ1v) is 7.06. The van der Waals surface area contributed by atoms with Crippen LogP contribution in [0.4, 0.5) is 0 Å². The number of benzene rings is 1. The van der Waals surface area contributed by atoms with E-state index in [0.29, 0.717) is 24.4 Å². The molecule has 1 aliphatic carbocycles. The first-order valence-electron chi connectivity index (χ1n) is 7.06. The summed E-state index contributed by atoms with van der Waals surface area (Å²) in [4.78, 5) is 12.0. The lowest BCUT2D eigenvalue weighted by atomic mass is 9.92. The highest BCUT2D eigenvalue weighted by Gasteiger charge is 2.31. The van der Waals surface area contributed by atoms with E-state index in [1.807, 2.05) is 24.3 Å². The van der Waals surface area contributed by atoms with Gasteiger partial charge in [-0.25, -0.2) is 0 Å². The maximum Gasteiger partial charge on any atom is 0.224 e. The summed E-state index contributed by atoms with van der Waals surface area (Å²) in [6.45, 7) is 5.08. The number of carbonyl (C=O) groups is 1. The Morgan fingerprint density at radius 3 is 2.47 bits per heavy atom. The predicted molar refractivity (Wildman–Crippen MR) is 77.6 cm³/mol. The van der Waals surface area contributed by atoms with Crippen molar-refractivity contribution in [2.45, 2.75) is 52.1 Å². The number of amides is 1. The van der Waals surface area contributed by atoms with E-state index in [0.717, 1.165) is 24.0 Å². The highest BCUT2D eigenvalue weighted by molar-refractivity contribution is 5.78. The monoisotopic (exact) mass is 260 g/mol. The van der Waals surface area contributed by atoms with Gasteiger partial charge in [0, 0.05) is 12.6 Å². The molecule has 0 saturated heterocycles. The van der Waals surface area contributed by atoms with Crippen molar-refractivity contribution < 1.29 is 4.79 Å². The van der Waals surface area contributed by atoms with E-state index in [1.54, 1.807) is 0 Å². The molecule has 0 bridgehead atoms. The smallest absolute Gasteiger partial charge is 0.224 e. The average Bonchev–Trinajstić information content (AvgIpc) is 2.69. The molecule has 0 aromatic heterocycles. The summed E-state index contributed by atoms with van der Waals surface area (Å²) in [6, 6.07) is 8.30. The van der Waals surface area contributed by atoms with Crippen LogP contribution in [0, 0.1) is 5.41 Å². The molecule has 1 unspecified atom stereocenters. The summed E-state index contributed by atoms with van der Waals surface area (Å²) < 4.78 is 0. The normalized spacial score (nSPS) is 21.3. The number of nitrogens with one attached hydrogen (secondary N) is 1. The zero-order valence-corrected chi connectivity index (χ0v) is 11.9. The molecule has 1 saturated carbocycles. The molecule has 3 nitrogen and oxygen atoms in total. The van der Waals surface area contributed by atoms with E-state index in [4.69, 9.17) is 5.73 Å². The number of nitrogens with two attached hydrogens (primary N) is 1. The highest BCUT2D eigenvalue weighted by Crippen LogP contribution is 2.36. The van der Waals surface area contributed by atoms with Gasteiger partial charge in [0.15, 0.2) is 0 Å². The van der Waals surface area contributed by atoms with Crippen molar-refractivity contribution in [3.05, 3.63) is 35.4 Å². The lowest BCUT2D eigenvalue weighted by Crippen LogP contribution is -2.34. The molecular weight excluding hydrogens is 236 g/mol. The average molecular weight is 260 g/mol. The topological polar surface area (TPSA) is 55.1 Å². The van der Waals surface area contributed by atoms with E-state index in [2.05, 4.69) is 19.2 Å². The Balaban J connectivity index is 1.84. The Hall–Kier alpha value is -1.35. The van der Waals surface area contributed by atoms with Crippen LogP contribution in [0.15, 0.2) is 24.3 Å². The van der Waals surface area contributed by atoms with E-state index in [1.165, 1.54) is 6.42 Å². The zero-order valence-electron chi connectivity index (χ0n) is 11.9.